The highest BCUT2D eigenvalue weighted by atomic mass is 35.5. The van der Waals surface area contributed by atoms with Crippen molar-refractivity contribution in [3.63, 3.8) is 0 Å². The number of benzene rings is 2. The number of aromatic nitrogens is 1. The minimum absolute atomic E-state index is 0.0260. The standard InChI is InChI=1S/C19H16ClFN2O2S/c20-13-4-1-3-12(9-13)18(24)23(11-15-5-2-8-25-15)19-22-16-7-6-14(21)10-17(16)26-19/h1,3-4,6-7,9-10,15H,2,5,8,11H2. The molecule has 1 aliphatic rings. The van der Waals surface area contributed by atoms with Gasteiger partial charge in [0.05, 0.1) is 22.9 Å². The molecule has 26 heavy (non-hydrogen) atoms. The Bertz CT molecular complexity index is 956. The van der Waals surface area contributed by atoms with Gasteiger partial charge in [-0.1, -0.05) is 29.0 Å². The number of rotatable bonds is 4. The van der Waals surface area contributed by atoms with Crippen LogP contribution in [0.15, 0.2) is 42.5 Å². The summed E-state index contributed by atoms with van der Waals surface area (Å²) in [7, 11) is 0. The Balaban J connectivity index is 1.72. The average Bonchev–Trinajstić information content (AvgIpc) is 3.28. The fourth-order valence-electron chi connectivity index (χ4n) is 3.02. The molecule has 0 N–H and O–H groups in total. The monoisotopic (exact) mass is 390 g/mol. The second-order valence-corrected chi connectivity index (χ2v) is 7.62. The number of ether oxygens (including phenoxy) is 1. The fraction of sp³-hybridized carbons (Fsp3) is 0.263. The Morgan fingerprint density at radius 2 is 2.23 bits per heavy atom. The van der Waals surface area contributed by atoms with Crippen LogP contribution in [0.2, 0.25) is 5.02 Å². The number of nitrogens with zero attached hydrogens (tertiary/aromatic N) is 2. The van der Waals surface area contributed by atoms with Gasteiger partial charge in [-0.05, 0) is 49.2 Å². The van der Waals surface area contributed by atoms with Crippen LogP contribution in [0.1, 0.15) is 23.2 Å². The minimum Gasteiger partial charge on any atom is -0.376 e. The molecule has 1 saturated heterocycles. The van der Waals surface area contributed by atoms with Crippen LogP contribution in [0.3, 0.4) is 0 Å². The Morgan fingerprint density at radius 1 is 1.35 bits per heavy atom. The molecule has 1 amide bonds. The number of thiazole rings is 1. The molecule has 134 valence electrons. The SMILES string of the molecule is O=C(c1cccc(Cl)c1)N(CC1CCCO1)c1nc2ccc(F)cc2s1. The number of carbonyl (C=O) groups is 1. The number of fused-ring (bicyclic) bond motifs is 1. The number of amides is 1. The molecule has 3 aromatic rings. The summed E-state index contributed by atoms with van der Waals surface area (Å²) in [5.41, 5.74) is 1.16. The van der Waals surface area contributed by atoms with Gasteiger partial charge in [-0.2, -0.15) is 0 Å². The molecule has 2 aromatic carbocycles. The van der Waals surface area contributed by atoms with Gasteiger partial charge in [0.2, 0.25) is 0 Å². The molecule has 0 saturated carbocycles. The Kier molecular flexibility index (Phi) is 4.89. The van der Waals surface area contributed by atoms with Gasteiger partial charge in [0.1, 0.15) is 5.82 Å². The maximum Gasteiger partial charge on any atom is 0.260 e. The third-order valence-electron chi connectivity index (χ3n) is 4.30. The van der Waals surface area contributed by atoms with Crippen LogP contribution in [-0.2, 0) is 4.74 Å². The molecule has 1 atom stereocenters. The van der Waals surface area contributed by atoms with E-state index in [-0.39, 0.29) is 17.8 Å². The van der Waals surface area contributed by atoms with Gasteiger partial charge in [-0.25, -0.2) is 9.37 Å². The van der Waals surface area contributed by atoms with Crippen LogP contribution in [0, 0.1) is 5.82 Å². The van der Waals surface area contributed by atoms with E-state index >= 15 is 0 Å². The smallest absolute Gasteiger partial charge is 0.260 e. The predicted octanol–water partition coefficient (Wildman–Crippen LogP) is 4.91. The van der Waals surface area contributed by atoms with Crippen molar-refractivity contribution in [1.29, 1.82) is 0 Å². The first-order valence-electron chi connectivity index (χ1n) is 8.35. The predicted molar refractivity (Wildman–Crippen MR) is 102 cm³/mol. The van der Waals surface area contributed by atoms with E-state index < -0.39 is 0 Å². The number of anilines is 1. The van der Waals surface area contributed by atoms with Crippen molar-refractivity contribution in [3.8, 4) is 0 Å². The highest BCUT2D eigenvalue weighted by Gasteiger charge is 2.27. The van der Waals surface area contributed by atoms with E-state index in [9.17, 15) is 9.18 Å². The molecule has 1 aromatic heterocycles. The molecule has 2 heterocycles. The highest BCUT2D eigenvalue weighted by Crippen LogP contribution is 2.31. The molecule has 0 spiro atoms. The van der Waals surface area contributed by atoms with Crippen molar-refractivity contribution in [1.82, 2.24) is 4.98 Å². The van der Waals surface area contributed by atoms with Crippen molar-refractivity contribution in [2.45, 2.75) is 18.9 Å². The van der Waals surface area contributed by atoms with E-state index in [1.165, 1.54) is 23.5 Å². The highest BCUT2D eigenvalue weighted by molar-refractivity contribution is 7.22. The molecule has 4 rings (SSSR count). The van der Waals surface area contributed by atoms with E-state index in [2.05, 4.69) is 4.98 Å². The zero-order valence-electron chi connectivity index (χ0n) is 13.8. The number of hydrogen-bond donors (Lipinski definition) is 0. The van der Waals surface area contributed by atoms with Crippen molar-refractivity contribution in [2.24, 2.45) is 0 Å². The van der Waals surface area contributed by atoms with Gasteiger partial charge in [0, 0.05) is 17.2 Å². The molecule has 0 radical (unpaired) electrons. The minimum atomic E-state index is -0.320. The third-order valence-corrected chi connectivity index (χ3v) is 5.57. The normalized spacial score (nSPS) is 16.9. The first-order valence-corrected chi connectivity index (χ1v) is 9.55. The summed E-state index contributed by atoms with van der Waals surface area (Å²) in [5.74, 6) is -0.512. The summed E-state index contributed by atoms with van der Waals surface area (Å²) in [6.07, 6.45) is 1.86. The quantitative estimate of drug-likeness (QED) is 0.635. The zero-order valence-corrected chi connectivity index (χ0v) is 15.4. The Hall–Kier alpha value is -2.02. The maximum absolute atomic E-state index is 13.5. The topological polar surface area (TPSA) is 42.4 Å². The lowest BCUT2D eigenvalue weighted by molar-refractivity contribution is 0.0917. The van der Waals surface area contributed by atoms with Gasteiger partial charge < -0.3 is 4.74 Å². The van der Waals surface area contributed by atoms with Gasteiger partial charge in [-0.3, -0.25) is 9.69 Å². The first kappa shape index (κ1) is 17.4. The van der Waals surface area contributed by atoms with Crippen molar-refractivity contribution < 1.29 is 13.9 Å². The third kappa shape index (κ3) is 3.58. The molecule has 1 fully saturated rings. The Morgan fingerprint density at radius 3 is 3.00 bits per heavy atom. The number of halogens is 2. The van der Waals surface area contributed by atoms with Gasteiger partial charge in [-0.15, -0.1) is 0 Å². The molecule has 4 nitrogen and oxygen atoms in total. The summed E-state index contributed by atoms with van der Waals surface area (Å²) >= 11 is 7.34. The van der Waals surface area contributed by atoms with Crippen molar-refractivity contribution in [2.75, 3.05) is 18.1 Å². The van der Waals surface area contributed by atoms with Crippen LogP contribution < -0.4 is 4.90 Å². The average molecular weight is 391 g/mol. The first-order chi connectivity index (χ1) is 12.6. The van der Waals surface area contributed by atoms with E-state index in [1.54, 1.807) is 35.2 Å². The summed E-state index contributed by atoms with van der Waals surface area (Å²) in [6.45, 7) is 1.11. The van der Waals surface area contributed by atoms with Crippen LogP contribution in [0.25, 0.3) is 10.2 Å². The summed E-state index contributed by atoms with van der Waals surface area (Å²) in [5, 5.41) is 1.03. The zero-order chi connectivity index (χ0) is 18.1. The number of carbonyl (C=O) groups excluding carboxylic acids is 1. The summed E-state index contributed by atoms with van der Waals surface area (Å²) < 4.78 is 19.9. The molecule has 1 aliphatic heterocycles. The lowest BCUT2D eigenvalue weighted by Crippen LogP contribution is -2.37. The summed E-state index contributed by atoms with van der Waals surface area (Å²) in [4.78, 5) is 19.3. The second kappa shape index (κ2) is 7.31. The fourth-order valence-corrected chi connectivity index (χ4v) is 4.21. The van der Waals surface area contributed by atoms with Crippen LogP contribution >= 0.6 is 22.9 Å². The van der Waals surface area contributed by atoms with Gasteiger partial charge >= 0.3 is 0 Å². The molecular weight excluding hydrogens is 375 g/mol. The van der Waals surface area contributed by atoms with Crippen LogP contribution in [0.4, 0.5) is 9.52 Å². The van der Waals surface area contributed by atoms with Gasteiger partial charge in [0.25, 0.3) is 5.91 Å². The lowest BCUT2D eigenvalue weighted by Gasteiger charge is -2.23. The van der Waals surface area contributed by atoms with E-state index in [0.717, 1.165) is 12.8 Å². The Labute approximate surface area is 159 Å². The van der Waals surface area contributed by atoms with E-state index in [0.29, 0.717) is 39.1 Å². The largest absolute Gasteiger partial charge is 0.376 e. The van der Waals surface area contributed by atoms with Crippen molar-refractivity contribution >= 4 is 44.2 Å². The molecule has 0 aliphatic carbocycles. The lowest BCUT2D eigenvalue weighted by atomic mass is 10.2. The second-order valence-electron chi connectivity index (χ2n) is 6.17. The molecule has 0 bridgehead atoms. The van der Waals surface area contributed by atoms with E-state index in [1.807, 2.05) is 0 Å². The van der Waals surface area contributed by atoms with Crippen LogP contribution in [0.5, 0.6) is 0 Å². The molecule has 7 heteroatoms. The maximum atomic E-state index is 13.5. The molecular formula is C19H16ClFN2O2S. The molecule has 1 unspecified atom stereocenters. The number of hydrogen-bond acceptors (Lipinski definition) is 4. The van der Waals surface area contributed by atoms with Gasteiger partial charge in [0.15, 0.2) is 5.13 Å². The summed E-state index contributed by atoms with van der Waals surface area (Å²) in [6, 6.07) is 11.3. The van der Waals surface area contributed by atoms with Crippen LogP contribution in [-0.4, -0.2) is 30.1 Å². The van der Waals surface area contributed by atoms with Crippen molar-refractivity contribution in [3.05, 3.63) is 58.9 Å². The van der Waals surface area contributed by atoms with E-state index in [4.69, 9.17) is 16.3 Å².